The zero-order chi connectivity index (χ0) is 31.9. The number of ether oxygens (including phenoxy) is 6. The molecule has 2 saturated heterocycles. The smallest absolute Gasteiger partial charge is 0.229 e. The molecule has 2 fully saturated rings. The SMILES string of the molecule is COc1ccc(-c2coc3cc(OC4OC(COC5OC(C)C(O)C(O)C5O)C(O)C(O)C4O)c(OC)c(O)c3c2=O)cc1. The molecule has 15 heteroatoms. The maximum absolute atomic E-state index is 13.4. The predicted molar refractivity (Wildman–Crippen MR) is 148 cm³/mol. The van der Waals surface area contributed by atoms with Crippen molar-refractivity contribution in [1.29, 1.82) is 0 Å². The van der Waals surface area contributed by atoms with Crippen LogP contribution in [0.15, 0.2) is 45.8 Å². The Morgan fingerprint density at radius 3 is 2.14 bits per heavy atom. The van der Waals surface area contributed by atoms with Gasteiger partial charge in [0, 0.05) is 6.07 Å². The molecule has 0 spiro atoms. The summed E-state index contributed by atoms with van der Waals surface area (Å²) >= 11 is 0. The number of rotatable bonds is 8. The van der Waals surface area contributed by atoms with Crippen molar-refractivity contribution in [2.75, 3.05) is 20.8 Å². The Hall–Kier alpha value is -3.51. The quantitative estimate of drug-likeness (QED) is 0.163. The van der Waals surface area contributed by atoms with Gasteiger partial charge in [-0.1, -0.05) is 12.1 Å². The number of methoxy groups -OCH3 is 2. The molecule has 0 bridgehead atoms. The van der Waals surface area contributed by atoms with Gasteiger partial charge in [-0.3, -0.25) is 4.79 Å². The van der Waals surface area contributed by atoms with Crippen molar-refractivity contribution in [2.45, 2.75) is 68.3 Å². The summed E-state index contributed by atoms with van der Waals surface area (Å²) in [6, 6.07) is 7.85. The number of aromatic hydroxyl groups is 1. The highest BCUT2D eigenvalue weighted by Gasteiger charge is 2.47. The lowest BCUT2D eigenvalue weighted by molar-refractivity contribution is -0.318. The van der Waals surface area contributed by atoms with Crippen LogP contribution in [0.3, 0.4) is 0 Å². The van der Waals surface area contributed by atoms with Crippen LogP contribution in [0.5, 0.6) is 23.0 Å². The van der Waals surface area contributed by atoms with Crippen molar-refractivity contribution in [2.24, 2.45) is 0 Å². The highest BCUT2D eigenvalue weighted by molar-refractivity contribution is 5.91. The molecular formula is C29H34O15. The van der Waals surface area contributed by atoms with Crippen molar-refractivity contribution in [3.63, 3.8) is 0 Å². The van der Waals surface area contributed by atoms with E-state index in [0.29, 0.717) is 11.3 Å². The molecular weight excluding hydrogens is 588 g/mol. The minimum Gasteiger partial charge on any atom is -0.504 e. The van der Waals surface area contributed by atoms with Crippen molar-refractivity contribution in [3.8, 4) is 34.1 Å². The van der Waals surface area contributed by atoms with Gasteiger partial charge in [-0.05, 0) is 24.6 Å². The van der Waals surface area contributed by atoms with Gasteiger partial charge in [0.15, 0.2) is 17.8 Å². The molecule has 3 aromatic rings. The predicted octanol–water partition coefficient (Wildman–Crippen LogP) is -0.787. The monoisotopic (exact) mass is 622 g/mol. The lowest BCUT2D eigenvalue weighted by Gasteiger charge is -2.42. The molecule has 10 atom stereocenters. The fourth-order valence-corrected chi connectivity index (χ4v) is 5.10. The number of benzene rings is 2. The van der Waals surface area contributed by atoms with Gasteiger partial charge in [0.1, 0.15) is 65.7 Å². The molecule has 0 aliphatic carbocycles. The minimum absolute atomic E-state index is 0.0929. The summed E-state index contributed by atoms with van der Waals surface area (Å²) < 4.78 is 38.4. The van der Waals surface area contributed by atoms with Gasteiger partial charge in [-0.2, -0.15) is 0 Å². The van der Waals surface area contributed by atoms with Gasteiger partial charge in [0.2, 0.25) is 17.5 Å². The summed E-state index contributed by atoms with van der Waals surface area (Å²) in [7, 11) is 2.71. The summed E-state index contributed by atoms with van der Waals surface area (Å²) in [5, 5.41) is 72.6. The normalized spacial score (nSPS) is 32.4. The van der Waals surface area contributed by atoms with Crippen molar-refractivity contribution in [1.82, 2.24) is 0 Å². The average Bonchev–Trinajstić information content (AvgIpc) is 3.02. The van der Waals surface area contributed by atoms with Crippen LogP contribution >= 0.6 is 0 Å². The van der Waals surface area contributed by atoms with E-state index in [9.17, 15) is 40.5 Å². The van der Waals surface area contributed by atoms with Crippen LogP contribution in [-0.2, 0) is 14.2 Å². The standard InChI is InChI=1S/C29H34O15/c1-11-19(30)23(34)25(36)28(42-11)41-10-17-21(32)24(35)26(37)29(44-17)43-16-8-15-18(22(33)27(16)39-3)20(31)14(9-40-15)12-4-6-13(38-2)7-5-12/h4-9,11,17,19,21,23-26,28-30,32-37H,10H2,1-3H3. The second kappa shape index (κ2) is 12.8. The number of aliphatic hydroxyl groups is 6. The van der Waals surface area contributed by atoms with E-state index in [1.807, 2.05) is 0 Å². The van der Waals surface area contributed by atoms with Crippen LogP contribution < -0.4 is 19.6 Å². The second-order valence-electron chi connectivity index (χ2n) is 10.5. The van der Waals surface area contributed by atoms with E-state index in [4.69, 9.17) is 32.8 Å². The largest absolute Gasteiger partial charge is 0.504 e. The Labute approximate surface area is 249 Å². The topological polar surface area (TPSA) is 227 Å². The Morgan fingerprint density at radius 2 is 1.48 bits per heavy atom. The Balaban J connectivity index is 1.39. The molecule has 0 amide bonds. The molecule has 2 aliphatic heterocycles. The van der Waals surface area contributed by atoms with Crippen molar-refractivity contribution < 1.29 is 68.6 Å². The first-order valence-corrected chi connectivity index (χ1v) is 13.6. The molecule has 15 nitrogen and oxygen atoms in total. The molecule has 2 aromatic carbocycles. The summed E-state index contributed by atoms with van der Waals surface area (Å²) in [6.45, 7) is 0.950. The third-order valence-electron chi connectivity index (χ3n) is 7.71. The van der Waals surface area contributed by atoms with Gasteiger partial charge in [-0.25, -0.2) is 0 Å². The molecule has 5 rings (SSSR count). The van der Waals surface area contributed by atoms with E-state index in [2.05, 4.69) is 0 Å². The number of fused-ring (bicyclic) bond motifs is 1. The van der Waals surface area contributed by atoms with Crippen molar-refractivity contribution in [3.05, 3.63) is 46.8 Å². The van der Waals surface area contributed by atoms with Crippen LogP contribution in [0, 0.1) is 0 Å². The number of aliphatic hydroxyl groups excluding tert-OH is 6. The van der Waals surface area contributed by atoms with Crippen LogP contribution in [0.25, 0.3) is 22.1 Å². The first kappa shape index (κ1) is 31.9. The van der Waals surface area contributed by atoms with Gasteiger partial charge in [-0.15, -0.1) is 0 Å². The first-order chi connectivity index (χ1) is 21.0. The third-order valence-corrected chi connectivity index (χ3v) is 7.71. The first-order valence-electron chi connectivity index (χ1n) is 13.6. The van der Waals surface area contributed by atoms with E-state index in [-0.39, 0.29) is 28.0 Å². The lowest BCUT2D eigenvalue weighted by atomic mass is 9.98. The summed E-state index contributed by atoms with van der Waals surface area (Å²) in [5.74, 6) is -0.576. The lowest BCUT2D eigenvalue weighted by Crippen LogP contribution is -2.61. The molecule has 1 aromatic heterocycles. The Kier molecular flexibility index (Phi) is 9.31. The molecule has 3 heterocycles. The highest BCUT2D eigenvalue weighted by atomic mass is 16.7. The summed E-state index contributed by atoms with van der Waals surface area (Å²) in [4.78, 5) is 13.4. The fraction of sp³-hybridized carbons (Fsp3) is 0.483. The molecule has 44 heavy (non-hydrogen) atoms. The van der Waals surface area contributed by atoms with Crippen LogP contribution in [0.2, 0.25) is 0 Å². The fourth-order valence-electron chi connectivity index (χ4n) is 5.10. The third kappa shape index (κ3) is 5.81. The van der Waals surface area contributed by atoms with Gasteiger partial charge in [0.05, 0.1) is 32.5 Å². The number of phenols is 1. The summed E-state index contributed by atoms with van der Waals surface area (Å²) in [6.07, 6.45) is -13.9. The van der Waals surface area contributed by atoms with Gasteiger partial charge in [0.25, 0.3) is 0 Å². The average molecular weight is 623 g/mol. The maximum Gasteiger partial charge on any atom is 0.229 e. The zero-order valence-electron chi connectivity index (χ0n) is 23.8. The van der Waals surface area contributed by atoms with Crippen molar-refractivity contribution >= 4 is 11.0 Å². The zero-order valence-corrected chi connectivity index (χ0v) is 23.8. The Morgan fingerprint density at radius 1 is 0.818 bits per heavy atom. The molecule has 0 radical (unpaired) electrons. The van der Waals surface area contributed by atoms with E-state index in [1.165, 1.54) is 33.5 Å². The number of phenolic OH excluding ortho intramolecular Hbond substituents is 1. The molecule has 10 unspecified atom stereocenters. The Bertz CT molecular complexity index is 1510. The molecule has 2 aliphatic rings. The second-order valence-corrected chi connectivity index (χ2v) is 10.5. The van der Waals surface area contributed by atoms with Crippen LogP contribution in [0.1, 0.15) is 6.92 Å². The van der Waals surface area contributed by atoms with Crippen LogP contribution in [0.4, 0.5) is 0 Å². The molecule has 0 saturated carbocycles. The maximum atomic E-state index is 13.4. The number of hydrogen-bond donors (Lipinski definition) is 7. The van der Waals surface area contributed by atoms with Gasteiger partial charge >= 0.3 is 0 Å². The van der Waals surface area contributed by atoms with Crippen LogP contribution in [-0.4, -0.2) is 118 Å². The minimum atomic E-state index is -1.80. The summed E-state index contributed by atoms with van der Waals surface area (Å²) in [5.41, 5.74) is -0.00112. The van der Waals surface area contributed by atoms with E-state index in [1.54, 1.807) is 24.3 Å². The van der Waals surface area contributed by atoms with Gasteiger partial charge < -0.3 is 68.6 Å². The van der Waals surface area contributed by atoms with E-state index in [0.717, 1.165) is 0 Å². The molecule has 240 valence electrons. The van der Waals surface area contributed by atoms with E-state index >= 15 is 0 Å². The molecule has 7 N–H and O–H groups in total. The number of hydrogen-bond acceptors (Lipinski definition) is 15. The highest BCUT2D eigenvalue weighted by Crippen LogP contribution is 2.43. The van der Waals surface area contributed by atoms with E-state index < -0.39 is 79.2 Å².